The molecule has 0 bridgehead atoms. The van der Waals surface area contributed by atoms with Crippen LogP contribution in [0.2, 0.25) is 0 Å². The van der Waals surface area contributed by atoms with Crippen LogP contribution in [-0.4, -0.2) is 23.3 Å². The number of aromatic nitrogens is 1. The van der Waals surface area contributed by atoms with Gasteiger partial charge in [-0.15, -0.1) is 11.3 Å². The summed E-state index contributed by atoms with van der Waals surface area (Å²) in [7, 11) is 0. The highest BCUT2D eigenvalue weighted by Gasteiger charge is 2.16. The van der Waals surface area contributed by atoms with Crippen molar-refractivity contribution >= 4 is 39.1 Å². The van der Waals surface area contributed by atoms with Gasteiger partial charge in [0.25, 0.3) is 5.91 Å². The maximum absolute atomic E-state index is 12.3. The minimum absolute atomic E-state index is 0.140. The van der Waals surface area contributed by atoms with Crippen molar-refractivity contribution in [1.29, 1.82) is 0 Å². The Morgan fingerprint density at radius 1 is 1.03 bits per heavy atom. The summed E-state index contributed by atoms with van der Waals surface area (Å²) in [5, 5.41) is 6.12. The fourth-order valence-corrected chi connectivity index (χ4v) is 3.87. The third-order valence-electron chi connectivity index (χ3n) is 4.42. The highest BCUT2D eigenvalue weighted by Crippen LogP contribution is 2.31. The van der Waals surface area contributed by atoms with E-state index in [2.05, 4.69) is 15.6 Å². The molecule has 0 unspecified atom stereocenters. The lowest BCUT2D eigenvalue weighted by molar-refractivity contribution is -0.115. The topological polar surface area (TPSA) is 84.2 Å². The van der Waals surface area contributed by atoms with E-state index in [1.807, 2.05) is 55.5 Å². The van der Waals surface area contributed by atoms with Crippen LogP contribution in [0.5, 0.6) is 0 Å². The van der Waals surface area contributed by atoms with Gasteiger partial charge in [-0.05, 0) is 42.3 Å². The van der Waals surface area contributed by atoms with Crippen molar-refractivity contribution in [3.8, 4) is 10.8 Å². The molecule has 2 aromatic heterocycles. The van der Waals surface area contributed by atoms with Crippen molar-refractivity contribution in [2.45, 2.75) is 13.3 Å². The molecule has 2 amide bonds. The average Bonchev–Trinajstić information content (AvgIpc) is 3.39. The summed E-state index contributed by atoms with van der Waals surface area (Å²) in [6.07, 6.45) is 0.809. The largest absolute Gasteiger partial charge is 0.448 e. The monoisotopic (exact) mass is 405 g/mol. The molecule has 2 N–H and O–H groups in total. The van der Waals surface area contributed by atoms with Crippen LogP contribution in [0.4, 0.5) is 5.69 Å². The molecular weight excluding hydrogens is 386 g/mol. The molecule has 0 saturated carbocycles. The first-order valence-electron chi connectivity index (χ1n) is 9.26. The Hall–Kier alpha value is -3.45. The summed E-state index contributed by atoms with van der Waals surface area (Å²) in [4.78, 5) is 29.0. The number of nitrogens with one attached hydrogen (secondary N) is 2. The van der Waals surface area contributed by atoms with Gasteiger partial charge >= 0.3 is 0 Å². The summed E-state index contributed by atoms with van der Waals surface area (Å²) >= 11 is 1.50. The molecule has 2 aromatic carbocycles. The van der Waals surface area contributed by atoms with Crippen LogP contribution in [0, 0.1) is 0 Å². The highest BCUT2D eigenvalue weighted by atomic mass is 32.1. The summed E-state index contributed by atoms with van der Waals surface area (Å²) in [5.41, 5.74) is 2.68. The van der Waals surface area contributed by atoms with Crippen LogP contribution in [0.1, 0.15) is 23.0 Å². The summed E-state index contributed by atoms with van der Waals surface area (Å²) in [6, 6.07) is 18.7. The van der Waals surface area contributed by atoms with Crippen LogP contribution in [0.3, 0.4) is 0 Å². The predicted octanol–water partition coefficient (Wildman–Crippen LogP) is 4.49. The molecule has 0 aliphatic carbocycles. The summed E-state index contributed by atoms with van der Waals surface area (Å²) < 4.78 is 6.70. The third kappa shape index (κ3) is 4.20. The van der Waals surface area contributed by atoms with Gasteiger partial charge in [-0.1, -0.05) is 37.3 Å². The Labute approximate surface area is 171 Å². The number of fused-ring (bicyclic) bond motifs is 1. The molecule has 0 fully saturated rings. The number of carbonyl (C=O) groups is 2. The van der Waals surface area contributed by atoms with Crippen LogP contribution in [0.25, 0.3) is 21.0 Å². The van der Waals surface area contributed by atoms with Gasteiger partial charge in [0.1, 0.15) is 0 Å². The normalized spacial score (nSPS) is 10.8. The molecule has 4 aromatic rings. The number of furan rings is 1. The Morgan fingerprint density at radius 3 is 2.66 bits per heavy atom. The van der Waals surface area contributed by atoms with Crippen molar-refractivity contribution in [3.63, 3.8) is 0 Å². The highest BCUT2D eigenvalue weighted by molar-refractivity contribution is 7.21. The second-order valence-corrected chi connectivity index (χ2v) is 7.42. The number of hydrogen-bond acceptors (Lipinski definition) is 5. The molecule has 29 heavy (non-hydrogen) atoms. The molecule has 2 heterocycles. The van der Waals surface area contributed by atoms with Crippen molar-refractivity contribution in [2.75, 3.05) is 11.9 Å². The van der Waals surface area contributed by atoms with Crippen LogP contribution in [0.15, 0.2) is 65.1 Å². The lowest BCUT2D eigenvalue weighted by atomic mass is 10.1. The number of hydrogen-bond donors (Lipinski definition) is 2. The minimum Gasteiger partial charge on any atom is -0.448 e. The van der Waals surface area contributed by atoms with E-state index in [-0.39, 0.29) is 18.2 Å². The zero-order valence-corrected chi connectivity index (χ0v) is 16.6. The quantitative estimate of drug-likeness (QED) is 0.495. The Kier molecular flexibility index (Phi) is 5.39. The van der Waals surface area contributed by atoms with Gasteiger partial charge in [-0.2, -0.15) is 0 Å². The van der Waals surface area contributed by atoms with Crippen molar-refractivity contribution in [3.05, 3.63) is 72.0 Å². The number of nitrogens with zero attached hydrogens (tertiary/aromatic N) is 1. The Balaban J connectivity index is 1.38. The number of thiazole rings is 1. The molecule has 0 aliphatic heterocycles. The smallest absolute Gasteiger partial charge is 0.287 e. The first-order valence-corrected chi connectivity index (χ1v) is 10.1. The molecule has 4 rings (SSSR count). The first-order chi connectivity index (χ1) is 14.1. The van der Waals surface area contributed by atoms with Gasteiger partial charge in [0, 0.05) is 5.69 Å². The Morgan fingerprint density at radius 2 is 1.83 bits per heavy atom. The van der Waals surface area contributed by atoms with Gasteiger partial charge in [0.05, 0.1) is 16.8 Å². The standard InChI is InChI=1S/C22H19N3O3S/c1-2-14-7-3-4-8-15(14)24-20(26)13-23-21(27)17-11-12-18(28-17)22-25-16-9-5-6-10-19(16)29-22/h3-12H,2,13H2,1H3,(H,23,27)(H,24,26). The molecule has 146 valence electrons. The van der Waals surface area contributed by atoms with E-state index in [4.69, 9.17) is 4.42 Å². The molecular formula is C22H19N3O3S. The fraction of sp³-hybridized carbons (Fsp3) is 0.136. The molecule has 0 saturated heterocycles. The molecule has 0 radical (unpaired) electrons. The van der Waals surface area contributed by atoms with Crippen molar-refractivity contribution in [2.24, 2.45) is 0 Å². The molecule has 0 aliphatic rings. The van der Waals surface area contributed by atoms with Crippen LogP contribution >= 0.6 is 11.3 Å². The lowest BCUT2D eigenvalue weighted by Gasteiger charge is -2.09. The summed E-state index contributed by atoms with van der Waals surface area (Å²) in [6.45, 7) is 1.88. The summed E-state index contributed by atoms with van der Waals surface area (Å²) in [5.74, 6) is -0.0767. The third-order valence-corrected chi connectivity index (χ3v) is 5.47. The second kappa shape index (κ2) is 8.28. The Bertz CT molecular complexity index is 1150. The van der Waals surface area contributed by atoms with Gasteiger partial charge < -0.3 is 15.1 Å². The van der Waals surface area contributed by atoms with Gasteiger partial charge in [-0.3, -0.25) is 9.59 Å². The van der Waals surface area contributed by atoms with E-state index < -0.39 is 5.91 Å². The maximum atomic E-state index is 12.3. The van der Waals surface area contributed by atoms with Crippen LogP contribution in [-0.2, 0) is 11.2 Å². The predicted molar refractivity (Wildman–Crippen MR) is 114 cm³/mol. The fourth-order valence-electron chi connectivity index (χ4n) is 2.95. The second-order valence-electron chi connectivity index (χ2n) is 6.39. The minimum atomic E-state index is -0.448. The van der Waals surface area contributed by atoms with E-state index in [1.54, 1.807) is 12.1 Å². The SMILES string of the molecule is CCc1ccccc1NC(=O)CNC(=O)c1ccc(-c2nc3ccccc3s2)o1. The van der Waals surface area contributed by atoms with E-state index in [0.29, 0.717) is 10.8 Å². The number of aryl methyl sites for hydroxylation is 1. The first kappa shape index (κ1) is 18.9. The van der Waals surface area contributed by atoms with E-state index in [0.717, 1.165) is 27.9 Å². The van der Waals surface area contributed by atoms with Gasteiger partial charge in [-0.25, -0.2) is 4.98 Å². The maximum Gasteiger partial charge on any atom is 0.287 e. The van der Waals surface area contributed by atoms with E-state index >= 15 is 0 Å². The van der Waals surface area contributed by atoms with E-state index in [9.17, 15) is 9.59 Å². The number of rotatable bonds is 6. The number of anilines is 1. The molecule has 0 spiro atoms. The van der Waals surface area contributed by atoms with Gasteiger partial charge in [0.2, 0.25) is 5.91 Å². The van der Waals surface area contributed by atoms with E-state index in [1.165, 1.54) is 11.3 Å². The zero-order valence-electron chi connectivity index (χ0n) is 15.8. The number of benzene rings is 2. The molecule has 6 nitrogen and oxygen atoms in total. The number of carbonyl (C=O) groups excluding carboxylic acids is 2. The molecule has 7 heteroatoms. The zero-order chi connectivity index (χ0) is 20.2. The number of para-hydroxylation sites is 2. The van der Waals surface area contributed by atoms with Crippen LogP contribution < -0.4 is 10.6 Å². The van der Waals surface area contributed by atoms with Crippen molar-refractivity contribution in [1.82, 2.24) is 10.3 Å². The number of amides is 2. The van der Waals surface area contributed by atoms with Gasteiger partial charge in [0.15, 0.2) is 16.5 Å². The van der Waals surface area contributed by atoms with Crippen molar-refractivity contribution < 1.29 is 14.0 Å². The lowest BCUT2D eigenvalue weighted by Crippen LogP contribution is -2.32. The molecule has 0 atom stereocenters. The average molecular weight is 405 g/mol.